The first-order valence-corrected chi connectivity index (χ1v) is 11.8. The Hall–Kier alpha value is -2.28. The molecule has 30 heavy (non-hydrogen) atoms. The van der Waals surface area contributed by atoms with Crippen LogP contribution in [0.25, 0.3) is 10.6 Å². The van der Waals surface area contributed by atoms with Crippen molar-refractivity contribution in [3.63, 3.8) is 0 Å². The fourth-order valence-corrected chi connectivity index (χ4v) is 4.60. The lowest BCUT2D eigenvalue weighted by atomic mass is 9.97. The van der Waals surface area contributed by atoms with E-state index < -0.39 is 6.04 Å². The van der Waals surface area contributed by atoms with Crippen LogP contribution in [-0.4, -0.2) is 28.1 Å². The predicted octanol–water partition coefficient (Wildman–Crippen LogP) is 4.95. The van der Waals surface area contributed by atoms with Crippen molar-refractivity contribution in [2.45, 2.75) is 71.8 Å². The molecule has 1 aromatic heterocycles. The Labute approximate surface area is 182 Å². The number of carbonyl (C=O) groups excluding carboxylic acids is 2. The highest BCUT2D eigenvalue weighted by molar-refractivity contribution is 7.18. The lowest BCUT2D eigenvalue weighted by molar-refractivity contribution is -0.127. The van der Waals surface area contributed by atoms with Gasteiger partial charge in [0.1, 0.15) is 11.0 Å². The minimum absolute atomic E-state index is 0.0323. The molecule has 0 saturated heterocycles. The van der Waals surface area contributed by atoms with Crippen molar-refractivity contribution >= 4 is 28.3 Å². The Morgan fingerprint density at radius 3 is 2.53 bits per heavy atom. The normalized spacial score (nSPS) is 16.2. The van der Waals surface area contributed by atoms with E-state index in [1.807, 2.05) is 45.0 Å². The summed E-state index contributed by atoms with van der Waals surface area (Å²) < 4.78 is 0. The molecule has 1 fully saturated rings. The van der Waals surface area contributed by atoms with E-state index in [-0.39, 0.29) is 17.7 Å². The molecule has 1 aromatic carbocycles. The zero-order chi connectivity index (χ0) is 21.5. The van der Waals surface area contributed by atoms with Crippen molar-refractivity contribution in [1.29, 1.82) is 0 Å². The predicted molar refractivity (Wildman–Crippen MR) is 121 cm³/mol. The minimum Gasteiger partial charge on any atom is -0.344 e. The van der Waals surface area contributed by atoms with Gasteiger partial charge in [-0.05, 0) is 25.2 Å². The maximum absolute atomic E-state index is 12.9. The van der Waals surface area contributed by atoms with Crippen molar-refractivity contribution in [1.82, 2.24) is 15.5 Å². The topological polar surface area (TPSA) is 84.0 Å². The number of amides is 2. The molecule has 6 nitrogen and oxygen atoms in total. The number of aromatic nitrogens is 2. The standard InChI is InChI=1S/C23H32N4O2S/c1-4-16(3)20(24-19(28)14-11-17-7-5-6-8-17)21(29)25-23-27-26-22(30-23)18-12-9-15(2)10-13-18/h9-10,12-13,16-17,20H,4-8,11,14H2,1-3H3,(H,24,28)(H,25,27,29)/t16-,20-/m1/s1. The lowest BCUT2D eigenvalue weighted by Gasteiger charge is -2.23. The van der Waals surface area contributed by atoms with Gasteiger partial charge in [0.2, 0.25) is 16.9 Å². The van der Waals surface area contributed by atoms with Crippen LogP contribution in [0.1, 0.15) is 64.4 Å². The van der Waals surface area contributed by atoms with Crippen LogP contribution in [0, 0.1) is 18.8 Å². The van der Waals surface area contributed by atoms with Gasteiger partial charge in [-0.25, -0.2) is 0 Å². The molecule has 7 heteroatoms. The number of rotatable bonds is 9. The van der Waals surface area contributed by atoms with Crippen molar-refractivity contribution in [2.75, 3.05) is 5.32 Å². The number of hydrogen-bond acceptors (Lipinski definition) is 5. The van der Waals surface area contributed by atoms with Gasteiger partial charge in [-0.1, -0.05) is 87.1 Å². The van der Waals surface area contributed by atoms with Crippen LogP contribution in [0.5, 0.6) is 0 Å². The van der Waals surface area contributed by atoms with E-state index >= 15 is 0 Å². The number of anilines is 1. The summed E-state index contributed by atoms with van der Waals surface area (Å²) >= 11 is 1.34. The second-order valence-electron chi connectivity index (χ2n) is 8.39. The lowest BCUT2D eigenvalue weighted by Crippen LogP contribution is -2.47. The third-order valence-corrected chi connectivity index (χ3v) is 6.91. The van der Waals surface area contributed by atoms with Gasteiger partial charge in [0.05, 0.1) is 0 Å². The van der Waals surface area contributed by atoms with Crippen molar-refractivity contribution in [2.24, 2.45) is 11.8 Å². The Bertz CT molecular complexity index is 843. The van der Waals surface area contributed by atoms with Crippen LogP contribution in [0.3, 0.4) is 0 Å². The van der Waals surface area contributed by atoms with Gasteiger partial charge in [-0.15, -0.1) is 10.2 Å². The zero-order valence-electron chi connectivity index (χ0n) is 18.1. The molecule has 2 atom stereocenters. The molecule has 0 bridgehead atoms. The molecule has 1 aliphatic rings. The Morgan fingerprint density at radius 2 is 1.87 bits per heavy atom. The second kappa shape index (κ2) is 10.7. The quantitative estimate of drug-likeness (QED) is 0.592. The molecule has 0 unspecified atom stereocenters. The average Bonchev–Trinajstić information content (AvgIpc) is 3.42. The van der Waals surface area contributed by atoms with Gasteiger partial charge >= 0.3 is 0 Å². The highest BCUT2D eigenvalue weighted by Gasteiger charge is 2.27. The number of aryl methyl sites for hydroxylation is 1. The number of benzene rings is 1. The maximum atomic E-state index is 12.9. The maximum Gasteiger partial charge on any atom is 0.249 e. The van der Waals surface area contributed by atoms with E-state index in [4.69, 9.17) is 0 Å². The third-order valence-electron chi connectivity index (χ3n) is 6.02. The summed E-state index contributed by atoms with van der Waals surface area (Å²) in [5.74, 6) is 0.420. The molecule has 2 aromatic rings. The number of nitrogens with one attached hydrogen (secondary N) is 2. The molecular formula is C23H32N4O2S. The van der Waals surface area contributed by atoms with E-state index in [1.54, 1.807) is 0 Å². The molecule has 1 heterocycles. The summed E-state index contributed by atoms with van der Waals surface area (Å²) in [4.78, 5) is 25.4. The van der Waals surface area contributed by atoms with E-state index in [0.717, 1.165) is 23.4 Å². The van der Waals surface area contributed by atoms with Gasteiger partial charge in [-0.2, -0.15) is 0 Å². The number of hydrogen-bond donors (Lipinski definition) is 2. The minimum atomic E-state index is -0.571. The van der Waals surface area contributed by atoms with Crippen LogP contribution in [0.2, 0.25) is 0 Å². The summed E-state index contributed by atoms with van der Waals surface area (Å²) in [5.41, 5.74) is 2.15. The second-order valence-corrected chi connectivity index (χ2v) is 9.37. The molecular weight excluding hydrogens is 396 g/mol. The van der Waals surface area contributed by atoms with Gasteiger partial charge < -0.3 is 5.32 Å². The fourth-order valence-electron chi connectivity index (χ4n) is 3.85. The zero-order valence-corrected chi connectivity index (χ0v) is 18.9. The Kier molecular flexibility index (Phi) is 7.96. The monoisotopic (exact) mass is 428 g/mol. The van der Waals surface area contributed by atoms with Crippen LogP contribution < -0.4 is 10.6 Å². The molecule has 0 radical (unpaired) electrons. The molecule has 162 valence electrons. The van der Waals surface area contributed by atoms with Gasteiger partial charge in [0, 0.05) is 12.0 Å². The molecule has 1 aliphatic carbocycles. The number of carbonyl (C=O) groups is 2. The molecule has 2 amide bonds. The van der Waals surface area contributed by atoms with Crippen molar-refractivity contribution in [3.05, 3.63) is 29.8 Å². The van der Waals surface area contributed by atoms with E-state index in [0.29, 0.717) is 17.5 Å². The van der Waals surface area contributed by atoms with Crippen LogP contribution in [0.15, 0.2) is 24.3 Å². The molecule has 0 spiro atoms. The van der Waals surface area contributed by atoms with Gasteiger partial charge in [0.15, 0.2) is 0 Å². The molecule has 2 N–H and O–H groups in total. The van der Waals surface area contributed by atoms with Gasteiger partial charge in [0.25, 0.3) is 0 Å². The molecule has 3 rings (SSSR count). The smallest absolute Gasteiger partial charge is 0.249 e. The van der Waals surface area contributed by atoms with Gasteiger partial charge in [-0.3, -0.25) is 14.9 Å². The van der Waals surface area contributed by atoms with Crippen LogP contribution in [0.4, 0.5) is 5.13 Å². The van der Waals surface area contributed by atoms with Crippen LogP contribution >= 0.6 is 11.3 Å². The third kappa shape index (κ3) is 6.11. The van der Waals surface area contributed by atoms with E-state index in [2.05, 4.69) is 20.8 Å². The van der Waals surface area contributed by atoms with E-state index in [9.17, 15) is 9.59 Å². The summed E-state index contributed by atoms with van der Waals surface area (Å²) in [6.45, 7) is 6.04. The van der Waals surface area contributed by atoms with Crippen LogP contribution in [-0.2, 0) is 9.59 Å². The fraction of sp³-hybridized carbons (Fsp3) is 0.565. The molecule has 1 saturated carbocycles. The number of nitrogens with zero attached hydrogens (tertiary/aromatic N) is 2. The summed E-state index contributed by atoms with van der Waals surface area (Å²) in [6, 6.07) is 7.46. The first-order valence-electron chi connectivity index (χ1n) is 11.0. The summed E-state index contributed by atoms with van der Waals surface area (Å²) in [7, 11) is 0. The SMILES string of the molecule is CC[C@@H](C)[C@@H](NC(=O)CCC1CCCC1)C(=O)Nc1nnc(-c2ccc(C)cc2)s1. The van der Waals surface area contributed by atoms with E-state index in [1.165, 1.54) is 42.6 Å². The van der Waals surface area contributed by atoms with Crippen molar-refractivity contribution in [3.8, 4) is 10.6 Å². The summed E-state index contributed by atoms with van der Waals surface area (Å²) in [6.07, 6.45) is 7.20. The van der Waals surface area contributed by atoms with Crippen molar-refractivity contribution < 1.29 is 9.59 Å². The molecule has 0 aliphatic heterocycles. The first kappa shape index (κ1) is 22.4. The Morgan fingerprint density at radius 1 is 1.17 bits per heavy atom. The average molecular weight is 429 g/mol. The Balaban J connectivity index is 1.59. The summed E-state index contributed by atoms with van der Waals surface area (Å²) in [5, 5.41) is 15.3. The first-order chi connectivity index (χ1) is 14.5. The largest absolute Gasteiger partial charge is 0.344 e. The highest BCUT2D eigenvalue weighted by Crippen LogP contribution is 2.29. The highest BCUT2D eigenvalue weighted by atomic mass is 32.1.